The topological polar surface area (TPSA) is 46.2 Å². The zero-order chi connectivity index (χ0) is 13.7. The van der Waals surface area contributed by atoms with Crippen molar-refractivity contribution in [3.63, 3.8) is 0 Å². The third-order valence-corrected chi connectivity index (χ3v) is 2.78. The Hall–Kier alpha value is -1.64. The maximum atomic E-state index is 11.7. The molecule has 0 bridgehead atoms. The number of amides is 1. The molecule has 0 aromatic heterocycles. The van der Waals surface area contributed by atoms with Crippen LogP contribution in [0.5, 0.6) is 0 Å². The maximum absolute atomic E-state index is 11.7. The van der Waals surface area contributed by atoms with E-state index in [1.807, 2.05) is 45.9 Å². The minimum Gasteiger partial charge on any atom is -0.326 e. The summed E-state index contributed by atoms with van der Waals surface area (Å²) in [6.07, 6.45) is 0.422. The third-order valence-electron chi connectivity index (χ3n) is 2.78. The van der Waals surface area contributed by atoms with Gasteiger partial charge in [-0.05, 0) is 43.0 Å². The summed E-state index contributed by atoms with van der Waals surface area (Å²) in [7, 11) is 0. The van der Waals surface area contributed by atoms with Gasteiger partial charge in [-0.25, -0.2) is 0 Å². The van der Waals surface area contributed by atoms with Crippen LogP contribution in [0.4, 0.5) is 5.69 Å². The Labute approximate surface area is 109 Å². The zero-order valence-corrected chi connectivity index (χ0v) is 11.5. The molecule has 0 atom stereocenters. The average Bonchev–Trinajstić information content (AvgIpc) is 2.21. The molecule has 1 amide bonds. The molecule has 3 nitrogen and oxygen atoms in total. The van der Waals surface area contributed by atoms with Crippen molar-refractivity contribution in [3.8, 4) is 0 Å². The Kier molecular flexibility index (Phi) is 5.08. The summed E-state index contributed by atoms with van der Waals surface area (Å²) in [4.78, 5) is 23.2. The fourth-order valence-electron chi connectivity index (χ4n) is 1.73. The molecule has 0 unspecified atom stereocenters. The SMILES string of the molecule is Cc1ccc(NC(=O)CC(=O)CC(C)C)cc1C. The van der Waals surface area contributed by atoms with Gasteiger partial charge in [0.05, 0.1) is 6.42 Å². The van der Waals surface area contributed by atoms with Gasteiger partial charge in [-0.1, -0.05) is 19.9 Å². The Morgan fingerprint density at radius 3 is 2.39 bits per heavy atom. The van der Waals surface area contributed by atoms with E-state index in [9.17, 15) is 9.59 Å². The highest BCUT2D eigenvalue weighted by molar-refractivity contribution is 6.04. The van der Waals surface area contributed by atoms with Gasteiger partial charge < -0.3 is 5.32 Å². The lowest BCUT2D eigenvalue weighted by atomic mass is 10.0. The largest absolute Gasteiger partial charge is 0.326 e. The summed E-state index contributed by atoms with van der Waals surface area (Å²) >= 11 is 0. The molecule has 18 heavy (non-hydrogen) atoms. The number of hydrogen-bond donors (Lipinski definition) is 1. The fraction of sp³-hybridized carbons (Fsp3) is 0.467. The van der Waals surface area contributed by atoms with Crippen molar-refractivity contribution in [3.05, 3.63) is 29.3 Å². The standard InChI is InChI=1S/C15H21NO2/c1-10(2)7-14(17)9-15(18)16-13-6-5-11(3)12(4)8-13/h5-6,8,10H,7,9H2,1-4H3,(H,16,18). The number of carbonyl (C=O) groups excluding carboxylic acids is 2. The number of anilines is 1. The maximum Gasteiger partial charge on any atom is 0.231 e. The van der Waals surface area contributed by atoms with Crippen molar-refractivity contribution in [1.82, 2.24) is 0 Å². The van der Waals surface area contributed by atoms with E-state index >= 15 is 0 Å². The molecule has 3 heteroatoms. The second kappa shape index (κ2) is 6.34. The quantitative estimate of drug-likeness (QED) is 0.812. The first-order chi connectivity index (χ1) is 8.38. The summed E-state index contributed by atoms with van der Waals surface area (Å²) in [6, 6.07) is 5.73. The van der Waals surface area contributed by atoms with Crippen molar-refractivity contribution in [2.45, 2.75) is 40.5 Å². The summed E-state index contributed by atoms with van der Waals surface area (Å²) in [6.45, 7) is 7.96. The van der Waals surface area contributed by atoms with Gasteiger partial charge in [-0.2, -0.15) is 0 Å². The van der Waals surface area contributed by atoms with Gasteiger partial charge in [0.25, 0.3) is 0 Å². The number of rotatable bonds is 5. The minimum absolute atomic E-state index is 0.00802. The second-order valence-electron chi connectivity index (χ2n) is 5.16. The molecule has 1 aromatic rings. The average molecular weight is 247 g/mol. The highest BCUT2D eigenvalue weighted by Crippen LogP contribution is 2.14. The molecule has 1 N–H and O–H groups in total. The Morgan fingerprint density at radius 1 is 1.17 bits per heavy atom. The first-order valence-electron chi connectivity index (χ1n) is 6.27. The molecule has 1 aromatic carbocycles. The van der Waals surface area contributed by atoms with E-state index in [0.29, 0.717) is 12.3 Å². The lowest BCUT2D eigenvalue weighted by molar-refractivity contribution is -0.125. The van der Waals surface area contributed by atoms with Crippen molar-refractivity contribution in [2.75, 3.05) is 5.32 Å². The van der Waals surface area contributed by atoms with Crippen LogP contribution >= 0.6 is 0 Å². The van der Waals surface area contributed by atoms with Gasteiger partial charge in [0.1, 0.15) is 5.78 Å². The van der Waals surface area contributed by atoms with Crippen LogP contribution in [0.2, 0.25) is 0 Å². The van der Waals surface area contributed by atoms with Crippen LogP contribution in [0.25, 0.3) is 0 Å². The summed E-state index contributed by atoms with van der Waals surface area (Å²) in [5.41, 5.74) is 3.06. The van der Waals surface area contributed by atoms with Gasteiger partial charge in [0.15, 0.2) is 0 Å². The Morgan fingerprint density at radius 2 is 1.83 bits per heavy atom. The highest BCUT2D eigenvalue weighted by Gasteiger charge is 2.11. The number of ketones is 1. The molecule has 0 saturated carbocycles. The van der Waals surface area contributed by atoms with E-state index in [0.717, 1.165) is 11.3 Å². The van der Waals surface area contributed by atoms with Crippen LogP contribution in [0, 0.1) is 19.8 Å². The molecule has 0 radical (unpaired) electrons. The molecule has 0 aliphatic carbocycles. The van der Waals surface area contributed by atoms with Gasteiger partial charge in [0, 0.05) is 12.1 Å². The normalized spacial score (nSPS) is 10.5. The smallest absolute Gasteiger partial charge is 0.231 e. The van der Waals surface area contributed by atoms with Crippen molar-refractivity contribution in [1.29, 1.82) is 0 Å². The molecule has 1 rings (SSSR count). The van der Waals surface area contributed by atoms with Crippen LogP contribution < -0.4 is 5.32 Å². The van der Waals surface area contributed by atoms with Crippen LogP contribution in [-0.4, -0.2) is 11.7 Å². The number of aryl methyl sites for hydroxylation is 2. The molecule has 98 valence electrons. The molecule has 0 spiro atoms. The van der Waals surface area contributed by atoms with Crippen LogP contribution in [0.15, 0.2) is 18.2 Å². The monoisotopic (exact) mass is 247 g/mol. The van der Waals surface area contributed by atoms with Crippen molar-refractivity contribution in [2.24, 2.45) is 5.92 Å². The highest BCUT2D eigenvalue weighted by atomic mass is 16.2. The van der Waals surface area contributed by atoms with Gasteiger partial charge >= 0.3 is 0 Å². The van der Waals surface area contributed by atoms with E-state index in [4.69, 9.17) is 0 Å². The summed E-state index contributed by atoms with van der Waals surface area (Å²) in [5, 5.41) is 2.75. The lowest BCUT2D eigenvalue weighted by Crippen LogP contribution is -2.17. The number of Topliss-reactive ketones (excluding diaryl/α,β-unsaturated/α-hetero) is 1. The number of hydrogen-bond acceptors (Lipinski definition) is 2. The molecule has 0 saturated heterocycles. The molecular formula is C15H21NO2. The van der Waals surface area contributed by atoms with Crippen LogP contribution in [0.1, 0.15) is 37.8 Å². The van der Waals surface area contributed by atoms with E-state index < -0.39 is 0 Å². The number of benzene rings is 1. The summed E-state index contributed by atoms with van der Waals surface area (Å²) in [5.74, 6) is 0.0576. The Bertz CT molecular complexity index is 450. The van der Waals surface area contributed by atoms with E-state index in [-0.39, 0.29) is 18.1 Å². The van der Waals surface area contributed by atoms with Crippen molar-refractivity contribution < 1.29 is 9.59 Å². The second-order valence-corrected chi connectivity index (χ2v) is 5.16. The van der Waals surface area contributed by atoms with E-state index in [1.54, 1.807) is 0 Å². The number of carbonyl (C=O) groups is 2. The van der Waals surface area contributed by atoms with E-state index in [2.05, 4.69) is 5.32 Å². The predicted molar refractivity (Wildman–Crippen MR) is 73.6 cm³/mol. The zero-order valence-electron chi connectivity index (χ0n) is 11.5. The van der Waals surface area contributed by atoms with Gasteiger partial charge in [0.2, 0.25) is 5.91 Å². The fourth-order valence-corrected chi connectivity index (χ4v) is 1.73. The minimum atomic E-state index is -0.232. The number of nitrogens with one attached hydrogen (secondary N) is 1. The van der Waals surface area contributed by atoms with Gasteiger partial charge in [-0.15, -0.1) is 0 Å². The van der Waals surface area contributed by atoms with Gasteiger partial charge in [-0.3, -0.25) is 9.59 Å². The van der Waals surface area contributed by atoms with Crippen LogP contribution in [-0.2, 0) is 9.59 Å². The van der Waals surface area contributed by atoms with Crippen LogP contribution in [0.3, 0.4) is 0 Å². The first kappa shape index (κ1) is 14.4. The molecular weight excluding hydrogens is 226 g/mol. The summed E-state index contributed by atoms with van der Waals surface area (Å²) < 4.78 is 0. The Balaban J connectivity index is 2.54. The lowest BCUT2D eigenvalue weighted by Gasteiger charge is -2.08. The predicted octanol–water partition coefficient (Wildman–Crippen LogP) is 3.25. The van der Waals surface area contributed by atoms with Crippen molar-refractivity contribution >= 4 is 17.4 Å². The molecule has 0 aliphatic rings. The molecule has 0 fully saturated rings. The molecule has 0 heterocycles. The first-order valence-corrected chi connectivity index (χ1v) is 6.27. The molecule has 0 aliphatic heterocycles. The van der Waals surface area contributed by atoms with E-state index in [1.165, 1.54) is 5.56 Å². The third kappa shape index (κ3) is 4.70.